The first-order valence-corrected chi connectivity index (χ1v) is 7.06. The van der Waals surface area contributed by atoms with E-state index in [0.29, 0.717) is 25.3 Å². The predicted molar refractivity (Wildman–Crippen MR) is 81.3 cm³/mol. The standard InChI is InChI=1S/C17H19F2NO2/c1-21-14-4-2-3-12(9-14)13(11-20)7-8-22-15-5-6-16(18)17(19)10-15/h2-6,9-10,13H,7-8,11,20H2,1H3. The minimum absolute atomic E-state index is 0.111. The van der Waals surface area contributed by atoms with Crippen molar-refractivity contribution >= 4 is 0 Å². The molecule has 0 saturated heterocycles. The molecule has 3 nitrogen and oxygen atoms in total. The van der Waals surface area contributed by atoms with Gasteiger partial charge in [-0.05, 0) is 48.7 Å². The summed E-state index contributed by atoms with van der Waals surface area (Å²) in [7, 11) is 1.61. The first kappa shape index (κ1) is 16.2. The fourth-order valence-corrected chi connectivity index (χ4v) is 2.20. The van der Waals surface area contributed by atoms with Crippen LogP contribution in [0.2, 0.25) is 0 Å². The zero-order chi connectivity index (χ0) is 15.9. The molecular formula is C17H19F2NO2. The van der Waals surface area contributed by atoms with E-state index in [1.54, 1.807) is 7.11 Å². The van der Waals surface area contributed by atoms with Crippen LogP contribution in [0.4, 0.5) is 8.78 Å². The zero-order valence-corrected chi connectivity index (χ0v) is 12.4. The zero-order valence-electron chi connectivity index (χ0n) is 12.4. The highest BCUT2D eigenvalue weighted by atomic mass is 19.2. The van der Waals surface area contributed by atoms with Crippen molar-refractivity contribution in [3.05, 3.63) is 59.7 Å². The van der Waals surface area contributed by atoms with Crippen LogP contribution in [0.1, 0.15) is 17.9 Å². The Morgan fingerprint density at radius 3 is 2.55 bits per heavy atom. The molecule has 22 heavy (non-hydrogen) atoms. The smallest absolute Gasteiger partial charge is 0.162 e. The van der Waals surface area contributed by atoms with Crippen LogP contribution in [-0.4, -0.2) is 20.3 Å². The lowest BCUT2D eigenvalue weighted by atomic mass is 9.96. The molecule has 2 N–H and O–H groups in total. The monoisotopic (exact) mass is 307 g/mol. The van der Waals surface area contributed by atoms with E-state index < -0.39 is 11.6 Å². The van der Waals surface area contributed by atoms with Gasteiger partial charge in [0.25, 0.3) is 0 Å². The summed E-state index contributed by atoms with van der Waals surface area (Å²) < 4.78 is 36.6. The van der Waals surface area contributed by atoms with Crippen molar-refractivity contribution in [3.63, 3.8) is 0 Å². The molecule has 2 rings (SSSR count). The third kappa shape index (κ3) is 4.18. The maximum Gasteiger partial charge on any atom is 0.162 e. The molecule has 2 aromatic rings. The first-order valence-electron chi connectivity index (χ1n) is 7.06. The molecule has 5 heteroatoms. The molecule has 0 fully saturated rings. The van der Waals surface area contributed by atoms with Crippen molar-refractivity contribution in [1.29, 1.82) is 0 Å². The Morgan fingerprint density at radius 2 is 1.86 bits per heavy atom. The van der Waals surface area contributed by atoms with Crippen LogP contribution >= 0.6 is 0 Å². The topological polar surface area (TPSA) is 44.5 Å². The van der Waals surface area contributed by atoms with Gasteiger partial charge in [0.05, 0.1) is 13.7 Å². The van der Waals surface area contributed by atoms with E-state index in [1.165, 1.54) is 6.07 Å². The van der Waals surface area contributed by atoms with Gasteiger partial charge in [0, 0.05) is 6.07 Å². The molecule has 118 valence electrons. The third-order valence-electron chi connectivity index (χ3n) is 3.48. The summed E-state index contributed by atoms with van der Waals surface area (Å²) in [5, 5.41) is 0. The lowest BCUT2D eigenvalue weighted by molar-refractivity contribution is 0.295. The van der Waals surface area contributed by atoms with E-state index in [-0.39, 0.29) is 5.92 Å². The van der Waals surface area contributed by atoms with Crippen molar-refractivity contribution in [3.8, 4) is 11.5 Å². The summed E-state index contributed by atoms with van der Waals surface area (Å²) in [6.07, 6.45) is 0.669. The number of methoxy groups -OCH3 is 1. The summed E-state index contributed by atoms with van der Waals surface area (Å²) in [5.74, 6) is -0.609. The maximum absolute atomic E-state index is 13.1. The number of hydrogen-bond donors (Lipinski definition) is 1. The van der Waals surface area contributed by atoms with Gasteiger partial charge in [-0.15, -0.1) is 0 Å². The van der Waals surface area contributed by atoms with Gasteiger partial charge in [-0.1, -0.05) is 12.1 Å². The van der Waals surface area contributed by atoms with Gasteiger partial charge in [-0.25, -0.2) is 8.78 Å². The molecular weight excluding hydrogens is 288 g/mol. The highest BCUT2D eigenvalue weighted by Gasteiger charge is 2.11. The highest BCUT2D eigenvalue weighted by molar-refractivity contribution is 5.31. The minimum Gasteiger partial charge on any atom is -0.497 e. The van der Waals surface area contributed by atoms with E-state index in [4.69, 9.17) is 15.2 Å². The van der Waals surface area contributed by atoms with Gasteiger partial charge >= 0.3 is 0 Å². The number of nitrogens with two attached hydrogens (primary N) is 1. The third-order valence-corrected chi connectivity index (χ3v) is 3.48. The van der Waals surface area contributed by atoms with E-state index in [9.17, 15) is 8.78 Å². The number of halogens is 2. The summed E-state index contributed by atoms with van der Waals surface area (Å²) in [6, 6.07) is 11.2. The second kappa shape index (κ2) is 7.75. The first-order chi connectivity index (χ1) is 10.6. The molecule has 0 aliphatic heterocycles. The minimum atomic E-state index is -0.916. The van der Waals surface area contributed by atoms with E-state index >= 15 is 0 Å². The predicted octanol–water partition coefficient (Wildman–Crippen LogP) is 3.48. The molecule has 0 amide bonds. The second-order valence-electron chi connectivity index (χ2n) is 4.92. The normalized spacial score (nSPS) is 12.0. The molecule has 0 heterocycles. The largest absolute Gasteiger partial charge is 0.497 e. The Balaban J connectivity index is 1.94. The van der Waals surface area contributed by atoms with Gasteiger partial charge in [-0.2, -0.15) is 0 Å². The Morgan fingerprint density at radius 1 is 1.05 bits per heavy atom. The molecule has 1 unspecified atom stereocenters. The molecule has 0 aliphatic rings. The summed E-state index contributed by atoms with van der Waals surface area (Å²) in [4.78, 5) is 0. The summed E-state index contributed by atoms with van der Waals surface area (Å²) >= 11 is 0. The quantitative estimate of drug-likeness (QED) is 0.851. The van der Waals surface area contributed by atoms with Gasteiger partial charge in [0.15, 0.2) is 11.6 Å². The Bertz CT molecular complexity index is 619. The molecule has 0 aliphatic carbocycles. The molecule has 0 spiro atoms. The van der Waals surface area contributed by atoms with Crippen LogP contribution in [0.3, 0.4) is 0 Å². The van der Waals surface area contributed by atoms with Crippen molar-refractivity contribution in [2.45, 2.75) is 12.3 Å². The Hall–Kier alpha value is -2.14. The van der Waals surface area contributed by atoms with E-state index in [1.807, 2.05) is 24.3 Å². The van der Waals surface area contributed by atoms with Gasteiger partial charge in [0.2, 0.25) is 0 Å². The summed E-state index contributed by atoms with van der Waals surface area (Å²) in [5.41, 5.74) is 6.88. The van der Waals surface area contributed by atoms with Crippen LogP contribution < -0.4 is 15.2 Å². The lowest BCUT2D eigenvalue weighted by Crippen LogP contribution is -2.15. The number of benzene rings is 2. The SMILES string of the molecule is COc1cccc(C(CN)CCOc2ccc(F)c(F)c2)c1. The molecule has 0 aromatic heterocycles. The van der Waals surface area contributed by atoms with Crippen molar-refractivity contribution in [2.75, 3.05) is 20.3 Å². The van der Waals surface area contributed by atoms with Crippen LogP contribution in [0.5, 0.6) is 11.5 Å². The Kier molecular flexibility index (Phi) is 5.72. The molecule has 0 radical (unpaired) electrons. The Labute approximate surface area is 128 Å². The fraction of sp³-hybridized carbons (Fsp3) is 0.294. The van der Waals surface area contributed by atoms with E-state index in [2.05, 4.69) is 0 Å². The number of hydrogen-bond acceptors (Lipinski definition) is 3. The number of ether oxygens (including phenoxy) is 2. The van der Waals surface area contributed by atoms with Crippen LogP contribution in [0.25, 0.3) is 0 Å². The van der Waals surface area contributed by atoms with Crippen molar-refractivity contribution in [2.24, 2.45) is 5.73 Å². The molecule has 1 atom stereocenters. The van der Waals surface area contributed by atoms with Crippen molar-refractivity contribution in [1.82, 2.24) is 0 Å². The van der Waals surface area contributed by atoms with E-state index in [0.717, 1.165) is 23.4 Å². The van der Waals surface area contributed by atoms with Crippen LogP contribution in [0.15, 0.2) is 42.5 Å². The summed E-state index contributed by atoms with van der Waals surface area (Å²) in [6.45, 7) is 0.832. The van der Waals surface area contributed by atoms with Gasteiger partial charge in [-0.3, -0.25) is 0 Å². The molecule has 0 bridgehead atoms. The maximum atomic E-state index is 13.1. The van der Waals surface area contributed by atoms with Gasteiger partial charge < -0.3 is 15.2 Å². The molecule has 0 saturated carbocycles. The van der Waals surface area contributed by atoms with Crippen LogP contribution in [-0.2, 0) is 0 Å². The average molecular weight is 307 g/mol. The second-order valence-corrected chi connectivity index (χ2v) is 4.92. The van der Waals surface area contributed by atoms with Crippen molar-refractivity contribution < 1.29 is 18.3 Å². The highest BCUT2D eigenvalue weighted by Crippen LogP contribution is 2.23. The fourth-order valence-electron chi connectivity index (χ4n) is 2.20. The van der Waals surface area contributed by atoms with Crippen LogP contribution in [0, 0.1) is 11.6 Å². The molecule has 2 aromatic carbocycles. The van der Waals surface area contributed by atoms with Gasteiger partial charge in [0.1, 0.15) is 11.5 Å². The number of rotatable bonds is 7. The average Bonchev–Trinajstić information content (AvgIpc) is 2.55. The lowest BCUT2D eigenvalue weighted by Gasteiger charge is -2.16.